The van der Waals surface area contributed by atoms with Crippen molar-refractivity contribution in [2.75, 3.05) is 23.8 Å². The molecule has 1 N–H and O–H groups in total. The highest BCUT2D eigenvalue weighted by Gasteiger charge is 2.24. The normalized spacial score (nSPS) is 14.6. The molecule has 1 saturated carbocycles. The maximum absolute atomic E-state index is 13.1. The van der Waals surface area contributed by atoms with Crippen LogP contribution in [-0.4, -0.2) is 38.7 Å². The van der Waals surface area contributed by atoms with Crippen LogP contribution in [0, 0.1) is 0 Å². The summed E-state index contributed by atoms with van der Waals surface area (Å²) in [5.74, 6) is 0.513. The van der Waals surface area contributed by atoms with Crippen LogP contribution in [0.1, 0.15) is 53.4 Å². The van der Waals surface area contributed by atoms with Crippen molar-refractivity contribution in [2.45, 2.75) is 42.9 Å². The van der Waals surface area contributed by atoms with E-state index in [-0.39, 0.29) is 10.8 Å². The molecule has 0 unspecified atom stereocenters. The number of carbonyl (C=O) groups excluding carboxylic acids is 1. The summed E-state index contributed by atoms with van der Waals surface area (Å²) in [6.45, 7) is 0. The molecule has 1 amide bonds. The van der Waals surface area contributed by atoms with Crippen LogP contribution < -0.4 is 14.4 Å². The van der Waals surface area contributed by atoms with Crippen molar-refractivity contribution in [3.8, 4) is 5.75 Å². The molecule has 0 atom stereocenters. The summed E-state index contributed by atoms with van der Waals surface area (Å²) in [5, 5.41) is 12.5. The smallest absolute Gasteiger partial charge is 0.264 e. The molecule has 1 aliphatic rings. The third-order valence-corrected chi connectivity index (χ3v) is 8.60. The lowest BCUT2D eigenvalue weighted by molar-refractivity contribution is 0.102. The van der Waals surface area contributed by atoms with E-state index in [4.69, 9.17) is 4.74 Å². The summed E-state index contributed by atoms with van der Waals surface area (Å²) in [5.41, 5.74) is 0.759. The molecule has 1 aliphatic carbocycles. The minimum atomic E-state index is -3.83. The monoisotopic (exact) mass is 486 g/mol. The Kier molecular flexibility index (Phi) is 6.94. The number of hydrogen-bond donors (Lipinski definition) is 1. The Bertz CT molecular complexity index is 1220. The molecule has 0 spiro atoms. The van der Waals surface area contributed by atoms with Crippen molar-refractivity contribution in [2.24, 2.45) is 0 Å². The van der Waals surface area contributed by atoms with Gasteiger partial charge in [0, 0.05) is 18.5 Å². The summed E-state index contributed by atoms with van der Waals surface area (Å²) in [4.78, 5) is 12.7. The lowest BCUT2D eigenvalue weighted by Gasteiger charge is -2.21. The van der Waals surface area contributed by atoms with E-state index < -0.39 is 10.0 Å². The van der Waals surface area contributed by atoms with E-state index in [9.17, 15) is 13.2 Å². The largest absolute Gasteiger partial charge is 0.495 e. The van der Waals surface area contributed by atoms with Crippen molar-refractivity contribution in [3.05, 3.63) is 59.1 Å². The lowest BCUT2D eigenvalue weighted by atomic mass is 9.90. The van der Waals surface area contributed by atoms with Gasteiger partial charge in [-0.3, -0.25) is 14.4 Å². The number of methoxy groups -OCH3 is 1. The second-order valence-electron chi connectivity index (χ2n) is 7.90. The van der Waals surface area contributed by atoms with Crippen molar-refractivity contribution in [1.82, 2.24) is 10.2 Å². The second kappa shape index (κ2) is 9.88. The highest BCUT2D eigenvalue weighted by atomic mass is 32.2. The molecule has 0 radical (unpaired) electrons. The topological polar surface area (TPSA) is 101 Å². The molecule has 3 aromatic rings. The van der Waals surface area contributed by atoms with Crippen LogP contribution in [0.25, 0.3) is 0 Å². The van der Waals surface area contributed by atoms with Crippen LogP contribution in [0.3, 0.4) is 0 Å². The number of benzene rings is 2. The van der Waals surface area contributed by atoms with E-state index in [2.05, 4.69) is 15.5 Å². The number of rotatable bonds is 7. The van der Waals surface area contributed by atoms with Gasteiger partial charge in [0.15, 0.2) is 0 Å². The SMILES string of the molecule is COc1ccccc1N(C)S(=O)(=O)c1ccc(C(=O)Nc2nnc(C3CCCCC3)s2)cc1. The van der Waals surface area contributed by atoms with Gasteiger partial charge >= 0.3 is 0 Å². The van der Waals surface area contributed by atoms with Gasteiger partial charge in [-0.2, -0.15) is 0 Å². The first kappa shape index (κ1) is 23.2. The van der Waals surface area contributed by atoms with E-state index in [0.717, 1.165) is 22.2 Å². The lowest BCUT2D eigenvalue weighted by Crippen LogP contribution is -2.27. The average Bonchev–Trinajstić information content (AvgIpc) is 3.32. The number of amides is 1. The molecule has 2 aromatic carbocycles. The zero-order chi connectivity index (χ0) is 23.4. The molecule has 33 heavy (non-hydrogen) atoms. The number of hydrogen-bond acceptors (Lipinski definition) is 7. The Morgan fingerprint density at radius 2 is 1.76 bits per heavy atom. The van der Waals surface area contributed by atoms with Crippen molar-refractivity contribution in [3.63, 3.8) is 0 Å². The molecule has 4 rings (SSSR count). The maximum Gasteiger partial charge on any atom is 0.264 e. The van der Waals surface area contributed by atoms with Crippen molar-refractivity contribution in [1.29, 1.82) is 0 Å². The van der Waals surface area contributed by atoms with Gasteiger partial charge in [0.05, 0.1) is 17.7 Å². The Labute approximate surface area is 197 Å². The molecular formula is C23H26N4O4S2. The van der Waals surface area contributed by atoms with E-state index in [1.165, 1.54) is 69.0 Å². The molecule has 1 heterocycles. The number of carbonyl (C=O) groups is 1. The predicted octanol–water partition coefficient (Wildman–Crippen LogP) is 4.67. The van der Waals surface area contributed by atoms with Gasteiger partial charge in [0.1, 0.15) is 10.8 Å². The summed E-state index contributed by atoms with van der Waals surface area (Å²) in [7, 11) is -0.879. The second-order valence-corrected chi connectivity index (χ2v) is 10.9. The number of anilines is 2. The number of ether oxygens (including phenoxy) is 1. The fraction of sp³-hybridized carbons (Fsp3) is 0.348. The molecule has 174 valence electrons. The first-order chi connectivity index (χ1) is 15.9. The maximum atomic E-state index is 13.1. The van der Waals surface area contributed by atoms with E-state index in [0.29, 0.717) is 28.0 Å². The molecule has 8 nitrogen and oxygen atoms in total. The van der Waals surface area contributed by atoms with Gasteiger partial charge in [0.2, 0.25) is 5.13 Å². The number of aromatic nitrogens is 2. The number of nitrogens with zero attached hydrogens (tertiary/aromatic N) is 3. The Balaban J connectivity index is 1.46. The predicted molar refractivity (Wildman–Crippen MR) is 129 cm³/mol. The first-order valence-electron chi connectivity index (χ1n) is 10.8. The first-order valence-corrected chi connectivity index (χ1v) is 13.0. The van der Waals surface area contributed by atoms with Gasteiger partial charge in [0.25, 0.3) is 15.9 Å². The van der Waals surface area contributed by atoms with Gasteiger partial charge in [-0.25, -0.2) is 8.42 Å². The third-order valence-electron chi connectivity index (χ3n) is 5.81. The summed E-state index contributed by atoms with van der Waals surface area (Å²) in [6, 6.07) is 12.7. The molecule has 1 aromatic heterocycles. The van der Waals surface area contributed by atoms with Crippen molar-refractivity contribution < 1.29 is 17.9 Å². The highest BCUT2D eigenvalue weighted by molar-refractivity contribution is 7.92. The van der Waals surface area contributed by atoms with Crippen LogP contribution >= 0.6 is 11.3 Å². The number of para-hydroxylation sites is 2. The zero-order valence-corrected chi connectivity index (χ0v) is 20.2. The summed E-state index contributed by atoms with van der Waals surface area (Å²) < 4.78 is 32.6. The number of nitrogens with one attached hydrogen (secondary N) is 1. The standard InChI is InChI=1S/C23H26N4O4S2/c1-27(19-10-6-7-11-20(19)31-2)33(29,30)18-14-12-16(13-15-18)21(28)24-23-26-25-22(32-23)17-8-4-3-5-9-17/h6-7,10-15,17H,3-5,8-9H2,1-2H3,(H,24,26,28). The Hall–Kier alpha value is -2.98. The van der Waals surface area contributed by atoms with E-state index >= 15 is 0 Å². The van der Waals surface area contributed by atoms with E-state index in [1.54, 1.807) is 24.3 Å². The zero-order valence-electron chi connectivity index (χ0n) is 18.5. The highest BCUT2D eigenvalue weighted by Crippen LogP contribution is 2.35. The molecule has 0 aliphatic heterocycles. The average molecular weight is 487 g/mol. The molecule has 10 heteroatoms. The van der Waals surface area contributed by atoms with Crippen molar-refractivity contribution >= 4 is 38.1 Å². The van der Waals surface area contributed by atoms with Gasteiger partial charge in [-0.05, 0) is 49.2 Å². The van der Waals surface area contributed by atoms with Crippen LogP contribution in [-0.2, 0) is 10.0 Å². The van der Waals surface area contributed by atoms with Crippen LogP contribution in [0.2, 0.25) is 0 Å². The van der Waals surface area contributed by atoms with E-state index in [1.807, 2.05) is 0 Å². The van der Waals surface area contributed by atoms with Gasteiger partial charge < -0.3 is 4.74 Å². The Morgan fingerprint density at radius 3 is 2.45 bits per heavy atom. The minimum absolute atomic E-state index is 0.0722. The molecule has 1 fully saturated rings. The molecule has 0 bridgehead atoms. The van der Waals surface area contributed by atoms with Crippen LogP contribution in [0.4, 0.5) is 10.8 Å². The van der Waals surface area contributed by atoms with Gasteiger partial charge in [-0.1, -0.05) is 42.7 Å². The fourth-order valence-electron chi connectivity index (χ4n) is 3.92. The minimum Gasteiger partial charge on any atom is -0.495 e. The van der Waals surface area contributed by atoms with Crippen LogP contribution in [0.15, 0.2) is 53.4 Å². The third kappa shape index (κ3) is 5.01. The summed E-state index contributed by atoms with van der Waals surface area (Å²) in [6.07, 6.45) is 5.89. The van der Waals surface area contributed by atoms with Gasteiger partial charge in [-0.15, -0.1) is 10.2 Å². The summed E-state index contributed by atoms with van der Waals surface area (Å²) >= 11 is 1.41. The van der Waals surface area contributed by atoms with Crippen LogP contribution in [0.5, 0.6) is 5.75 Å². The molecular weight excluding hydrogens is 460 g/mol. The molecule has 0 saturated heterocycles. The Morgan fingerprint density at radius 1 is 1.06 bits per heavy atom. The fourth-order valence-corrected chi connectivity index (χ4v) is 6.04. The quantitative estimate of drug-likeness (QED) is 0.521. The number of sulfonamides is 1.